The Labute approximate surface area is 174 Å². The van der Waals surface area contributed by atoms with Crippen molar-refractivity contribution in [1.29, 1.82) is 0 Å². The number of fused-ring (bicyclic) bond motifs is 5. The Bertz CT molecular complexity index is 976. The van der Waals surface area contributed by atoms with Gasteiger partial charge in [-0.25, -0.2) is 4.98 Å². The number of nitrogens with zero attached hydrogens (tertiary/aromatic N) is 3. The smallest absolute Gasteiger partial charge is 0.234 e. The van der Waals surface area contributed by atoms with Crippen LogP contribution in [-0.2, 0) is 15.0 Å². The number of nitrogens with one attached hydrogen (secondary N) is 2. The van der Waals surface area contributed by atoms with Crippen LogP contribution in [0.1, 0.15) is 57.8 Å². The SMILES string of the molecule is CC(=O)Nc1ccc(NC(=O)CSc2nnc3c(n2)[C@]2(C)CC[C@@H]3C2(C)C)cc1. The first-order valence-corrected chi connectivity index (χ1v) is 10.7. The zero-order chi connectivity index (χ0) is 20.8. The second-order valence-corrected chi connectivity index (χ2v) is 9.51. The molecule has 1 fully saturated rings. The number of rotatable bonds is 5. The zero-order valence-corrected chi connectivity index (χ0v) is 17.9. The van der Waals surface area contributed by atoms with Crippen LogP contribution >= 0.6 is 11.8 Å². The van der Waals surface area contributed by atoms with E-state index in [0.717, 1.165) is 24.2 Å². The molecule has 8 heteroatoms. The topological polar surface area (TPSA) is 96.9 Å². The summed E-state index contributed by atoms with van der Waals surface area (Å²) in [5.74, 6) is 0.355. The normalized spacial score (nSPS) is 23.5. The van der Waals surface area contributed by atoms with Crippen molar-refractivity contribution in [2.45, 2.75) is 57.0 Å². The Hall–Kier alpha value is -2.48. The Balaban J connectivity index is 1.38. The maximum Gasteiger partial charge on any atom is 0.234 e. The van der Waals surface area contributed by atoms with Gasteiger partial charge in [0.15, 0.2) is 0 Å². The summed E-state index contributed by atoms with van der Waals surface area (Å²) >= 11 is 1.30. The van der Waals surface area contributed by atoms with Gasteiger partial charge in [-0.15, -0.1) is 5.10 Å². The third-order valence-electron chi connectivity index (χ3n) is 6.59. The molecule has 0 radical (unpaired) electrons. The summed E-state index contributed by atoms with van der Waals surface area (Å²) in [6, 6.07) is 6.99. The van der Waals surface area contributed by atoms with Gasteiger partial charge >= 0.3 is 0 Å². The third kappa shape index (κ3) is 3.39. The summed E-state index contributed by atoms with van der Waals surface area (Å²) in [6.45, 7) is 8.32. The summed E-state index contributed by atoms with van der Waals surface area (Å²) in [7, 11) is 0. The lowest BCUT2D eigenvalue weighted by Gasteiger charge is -2.33. The van der Waals surface area contributed by atoms with Crippen LogP contribution in [0.3, 0.4) is 0 Å². The Kier molecular flexibility index (Phi) is 4.85. The fourth-order valence-corrected chi connectivity index (χ4v) is 5.18. The van der Waals surface area contributed by atoms with Gasteiger partial charge in [0, 0.05) is 29.6 Å². The van der Waals surface area contributed by atoms with Gasteiger partial charge in [0.25, 0.3) is 0 Å². The number of anilines is 2. The molecule has 2 amide bonds. The van der Waals surface area contributed by atoms with Crippen LogP contribution in [0.15, 0.2) is 29.4 Å². The molecule has 2 bridgehead atoms. The highest BCUT2D eigenvalue weighted by Gasteiger charge is 2.61. The molecule has 2 aromatic rings. The van der Waals surface area contributed by atoms with E-state index < -0.39 is 0 Å². The van der Waals surface area contributed by atoms with Gasteiger partial charge in [-0.2, -0.15) is 5.10 Å². The zero-order valence-electron chi connectivity index (χ0n) is 17.1. The monoisotopic (exact) mass is 411 g/mol. The molecule has 1 aromatic heterocycles. The van der Waals surface area contributed by atoms with Gasteiger partial charge in [0.1, 0.15) is 0 Å². The quantitative estimate of drug-likeness (QED) is 0.728. The number of carbonyl (C=O) groups excluding carboxylic acids is 2. The molecular weight excluding hydrogens is 386 g/mol. The van der Waals surface area contributed by atoms with Crippen LogP contribution in [0.4, 0.5) is 11.4 Å². The van der Waals surface area contributed by atoms with Crippen LogP contribution in [0, 0.1) is 5.41 Å². The number of benzene rings is 1. The minimum atomic E-state index is -0.139. The maximum absolute atomic E-state index is 12.3. The second kappa shape index (κ2) is 7.09. The van der Waals surface area contributed by atoms with Crippen LogP contribution in [-0.4, -0.2) is 32.7 Å². The lowest BCUT2D eigenvalue weighted by Crippen LogP contribution is -2.32. The summed E-state index contributed by atoms with van der Waals surface area (Å²) < 4.78 is 0. The first kappa shape index (κ1) is 19.8. The molecule has 4 rings (SSSR count). The lowest BCUT2D eigenvalue weighted by atomic mass is 9.70. The first-order chi connectivity index (χ1) is 13.7. The molecule has 0 saturated heterocycles. The predicted octanol–water partition coefficient (Wildman–Crippen LogP) is 3.74. The van der Waals surface area contributed by atoms with Crippen LogP contribution in [0.5, 0.6) is 0 Å². The Morgan fingerprint density at radius 2 is 1.76 bits per heavy atom. The molecule has 2 aliphatic rings. The first-order valence-electron chi connectivity index (χ1n) is 9.76. The second-order valence-electron chi connectivity index (χ2n) is 8.57. The van der Waals surface area contributed by atoms with E-state index in [9.17, 15) is 9.59 Å². The van der Waals surface area contributed by atoms with Gasteiger partial charge in [0.2, 0.25) is 17.0 Å². The molecule has 0 unspecified atom stereocenters. The molecule has 2 N–H and O–H groups in total. The largest absolute Gasteiger partial charge is 0.326 e. The number of hydrogen-bond donors (Lipinski definition) is 2. The highest BCUT2D eigenvalue weighted by molar-refractivity contribution is 7.99. The van der Waals surface area contributed by atoms with E-state index in [1.807, 2.05) is 0 Å². The lowest BCUT2D eigenvalue weighted by molar-refractivity contribution is -0.114. The molecule has 29 heavy (non-hydrogen) atoms. The molecule has 0 aliphatic heterocycles. The Morgan fingerprint density at radius 3 is 2.41 bits per heavy atom. The van der Waals surface area contributed by atoms with Crippen molar-refractivity contribution in [3.05, 3.63) is 35.7 Å². The van der Waals surface area contributed by atoms with Crippen LogP contribution < -0.4 is 10.6 Å². The van der Waals surface area contributed by atoms with E-state index in [1.54, 1.807) is 24.3 Å². The van der Waals surface area contributed by atoms with Gasteiger partial charge in [-0.1, -0.05) is 32.5 Å². The van der Waals surface area contributed by atoms with Crippen molar-refractivity contribution < 1.29 is 9.59 Å². The van der Waals surface area contributed by atoms with E-state index in [2.05, 4.69) is 41.6 Å². The number of amides is 2. The van der Waals surface area contributed by atoms with Gasteiger partial charge < -0.3 is 10.6 Å². The molecule has 2 aliphatic carbocycles. The van der Waals surface area contributed by atoms with Crippen molar-refractivity contribution in [3.63, 3.8) is 0 Å². The molecule has 0 spiro atoms. The van der Waals surface area contributed by atoms with Crippen molar-refractivity contribution in [2.75, 3.05) is 16.4 Å². The summed E-state index contributed by atoms with van der Waals surface area (Å²) in [5.41, 5.74) is 3.62. The minimum Gasteiger partial charge on any atom is -0.326 e. The number of aromatic nitrogens is 3. The summed E-state index contributed by atoms with van der Waals surface area (Å²) in [5, 5.41) is 14.8. The fraction of sp³-hybridized carbons (Fsp3) is 0.476. The van der Waals surface area contributed by atoms with Gasteiger partial charge in [0.05, 0.1) is 17.1 Å². The maximum atomic E-state index is 12.3. The number of carbonyl (C=O) groups is 2. The van der Waals surface area contributed by atoms with Crippen LogP contribution in [0.25, 0.3) is 0 Å². The predicted molar refractivity (Wildman–Crippen MR) is 113 cm³/mol. The molecular formula is C21H25N5O2S. The summed E-state index contributed by atoms with van der Waals surface area (Å²) in [4.78, 5) is 28.2. The molecule has 1 saturated carbocycles. The molecule has 2 atom stereocenters. The molecule has 152 valence electrons. The molecule has 7 nitrogen and oxygen atoms in total. The van der Waals surface area contributed by atoms with Gasteiger partial charge in [-0.3, -0.25) is 9.59 Å². The average Bonchev–Trinajstić information content (AvgIpc) is 3.00. The highest BCUT2D eigenvalue weighted by Crippen LogP contribution is 2.66. The minimum absolute atomic E-state index is 0.0240. The number of thioether (sulfide) groups is 1. The third-order valence-corrected chi connectivity index (χ3v) is 7.43. The van der Waals surface area contributed by atoms with E-state index >= 15 is 0 Å². The Morgan fingerprint density at radius 1 is 1.10 bits per heavy atom. The molecule has 1 heterocycles. The average molecular weight is 412 g/mol. The van der Waals surface area contributed by atoms with Crippen LogP contribution in [0.2, 0.25) is 0 Å². The van der Waals surface area contributed by atoms with Crippen molar-refractivity contribution >= 4 is 35.0 Å². The highest BCUT2D eigenvalue weighted by atomic mass is 32.2. The van der Waals surface area contributed by atoms with Crippen molar-refractivity contribution in [2.24, 2.45) is 5.41 Å². The van der Waals surface area contributed by atoms with E-state index in [4.69, 9.17) is 4.98 Å². The number of hydrogen-bond acceptors (Lipinski definition) is 6. The van der Waals surface area contributed by atoms with Crippen molar-refractivity contribution in [3.8, 4) is 0 Å². The summed E-state index contributed by atoms with van der Waals surface area (Å²) in [6.07, 6.45) is 2.26. The standard InChI is InChI=1S/C21H25N5O2S/c1-12(27)22-13-5-7-14(8-6-13)23-16(28)11-29-19-24-18-17(25-26-19)15-9-10-21(18,4)20(15,2)3/h5-8,15H,9-11H2,1-4H3,(H,22,27)(H,23,28)/t15-,21-/m0/s1. The van der Waals surface area contributed by atoms with Crippen molar-refractivity contribution in [1.82, 2.24) is 15.2 Å². The van der Waals surface area contributed by atoms with Gasteiger partial charge in [-0.05, 0) is 42.5 Å². The molecule has 1 aromatic carbocycles. The fourth-order valence-electron chi connectivity index (χ4n) is 4.59. The van der Waals surface area contributed by atoms with E-state index in [0.29, 0.717) is 22.4 Å². The van der Waals surface area contributed by atoms with E-state index in [1.165, 1.54) is 18.7 Å². The van der Waals surface area contributed by atoms with E-state index in [-0.39, 0.29) is 28.4 Å².